The summed E-state index contributed by atoms with van der Waals surface area (Å²) < 4.78 is 68.7. The summed E-state index contributed by atoms with van der Waals surface area (Å²) in [6.45, 7) is 9.63. The lowest BCUT2D eigenvalue weighted by atomic mass is 10.0. The van der Waals surface area contributed by atoms with Crippen LogP contribution >= 0.6 is 15.6 Å². The Bertz CT molecular complexity index is 1920. The van der Waals surface area contributed by atoms with Crippen molar-refractivity contribution < 1.29 is 80.2 Å². The van der Waals surface area contributed by atoms with Gasteiger partial charge in [0.15, 0.2) is 12.2 Å². The van der Waals surface area contributed by atoms with Crippen molar-refractivity contribution in [2.45, 2.75) is 445 Å². The van der Waals surface area contributed by atoms with Gasteiger partial charge in [-0.05, 0) is 37.5 Å². The second-order valence-electron chi connectivity index (χ2n) is 30.1. The molecule has 5 atom stereocenters. The summed E-state index contributed by atoms with van der Waals surface area (Å²) >= 11 is 0. The van der Waals surface area contributed by atoms with E-state index in [9.17, 15) is 43.2 Å². The molecular weight excluding hydrogens is 1310 g/mol. The van der Waals surface area contributed by atoms with Crippen LogP contribution < -0.4 is 0 Å². The molecule has 19 heteroatoms. The first kappa shape index (κ1) is 98.1. The largest absolute Gasteiger partial charge is 0.472 e. The number of carbonyl (C=O) groups excluding carboxylic acids is 4. The van der Waals surface area contributed by atoms with Crippen LogP contribution in [0.2, 0.25) is 0 Å². The van der Waals surface area contributed by atoms with Crippen molar-refractivity contribution in [3.05, 3.63) is 0 Å². The van der Waals surface area contributed by atoms with Crippen LogP contribution in [0.1, 0.15) is 427 Å². The zero-order valence-corrected chi connectivity index (χ0v) is 67.3. The fourth-order valence-corrected chi connectivity index (χ4v) is 14.1. The van der Waals surface area contributed by atoms with Gasteiger partial charge in [0.25, 0.3) is 0 Å². The lowest BCUT2D eigenvalue weighted by Crippen LogP contribution is -2.30. The summed E-state index contributed by atoms with van der Waals surface area (Å²) in [4.78, 5) is 73.0. The van der Waals surface area contributed by atoms with Crippen LogP contribution in [0.15, 0.2) is 0 Å². The molecule has 0 amide bonds. The molecule has 0 aliphatic heterocycles. The lowest BCUT2D eigenvalue weighted by molar-refractivity contribution is -0.161. The first-order chi connectivity index (χ1) is 48.4. The Hall–Kier alpha value is -1.94. The van der Waals surface area contributed by atoms with Crippen LogP contribution in [-0.4, -0.2) is 96.7 Å². The third-order valence-electron chi connectivity index (χ3n) is 19.0. The molecule has 0 aliphatic carbocycles. The van der Waals surface area contributed by atoms with E-state index >= 15 is 0 Å². The third kappa shape index (κ3) is 74.3. The third-order valence-corrected chi connectivity index (χ3v) is 20.9. The Labute approximate surface area is 613 Å². The van der Waals surface area contributed by atoms with E-state index in [4.69, 9.17) is 37.0 Å². The van der Waals surface area contributed by atoms with Gasteiger partial charge in [-0.1, -0.05) is 375 Å². The number of hydrogen-bond acceptors (Lipinski definition) is 15. The van der Waals surface area contributed by atoms with E-state index in [0.717, 1.165) is 102 Å². The summed E-state index contributed by atoms with van der Waals surface area (Å²) in [7, 11) is -9.92. The highest BCUT2D eigenvalue weighted by Gasteiger charge is 2.30. The second-order valence-corrected chi connectivity index (χ2v) is 33.0. The Kier molecular flexibility index (Phi) is 71.2. The van der Waals surface area contributed by atoms with E-state index in [1.807, 2.05) is 0 Å². The molecule has 0 aromatic rings. The lowest BCUT2D eigenvalue weighted by Gasteiger charge is -2.21. The number of hydrogen-bond donors (Lipinski definition) is 3. The van der Waals surface area contributed by atoms with Gasteiger partial charge in [-0.3, -0.25) is 37.3 Å². The number of phosphoric ester groups is 2. The molecule has 0 saturated heterocycles. The van der Waals surface area contributed by atoms with Gasteiger partial charge in [-0.15, -0.1) is 0 Å². The molecule has 0 rings (SSSR count). The highest BCUT2D eigenvalue weighted by molar-refractivity contribution is 7.47. The summed E-state index contributed by atoms with van der Waals surface area (Å²) in [6, 6.07) is 0. The first-order valence-corrected chi connectivity index (χ1v) is 45.0. The van der Waals surface area contributed by atoms with Crippen molar-refractivity contribution in [1.82, 2.24) is 0 Å². The molecule has 0 aromatic carbocycles. The fraction of sp³-hybridized carbons (Fsp3) is 0.951. The van der Waals surface area contributed by atoms with E-state index < -0.39 is 97.5 Å². The van der Waals surface area contributed by atoms with Gasteiger partial charge in [0.1, 0.15) is 19.3 Å². The van der Waals surface area contributed by atoms with Gasteiger partial charge >= 0.3 is 39.5 Å². The Morgan fingerprint density at radius 3 is 0.680 bits per heavy atom. The Morgan fingerprint density at radius 2 is 0.460 bits per heavy atom. The van der Waals surface area contributed by atoms with Crippen LogP contribution in [0.5, 0.6) is 0 Å². The van der Waals surface area contributed by atoms with Gasteiger partial charge in [-0.25, -0.2) is 9.13 Å². The normalized spacial score (nSPS) is 13.9. The smallest absolute Gasteiger partial charge is 0.462 e. The minimum absolute atomic E-state index is 0.107. The van der Waals surface area contributed by atoms with Crippen LogP contribution in [-0.2, 0) is 65.4 Å². The summed E-state index contributed by atoms with van der Waals surface area (Å²) in [5, 5.41) is 10.6. The molecule has 0 fully saturated rings. The standard InChI is InChI=1S/C81H158O17P2/c1-7-9-11-13-15-17-19-21-22-23-24-25-28-32-36-40-48-54-60-66-81(86)97-76(69-91-78(83)63-57-51-45-38-35-31-29-26-27-30-33-37-43-49-55-61-73(3)4)71-95-99(87,88)93-67-75(82)68-94-100(89,90)96-72-77(70-92-79(84)64-58-52-46-42-41-44-50-56-62-74(5)6)98-80(85)65-59-53-47-39-34-20-18-16-14-12-10-8-2/h73-77,82H,7-72H2,1-6H3,(H,87,88)(H,89,90)/t75-,76-,77-/m1/s1. The van der Waals surface area contributed by atoms with Crippen molar-refractivity contribution in [3.63, 3.8) is 0 Å². The summed E-state index contributed by atoms with van der Waals surface area (Å²) in [6.07, 6.45) is 62.5. The first-order valence-electron chi connectivity index (χ1n) is 42.0. The van der Waals surface area contributed by atoms with Crippen LogP contribution in [0.3, 0.4) is 0 Å². The minimum Gasteiger partial charge on any atom is -0.462 e. The fourth-order valence-electron chi connectivity index (χ4n) is 12.5. The van der Waals surface area contributed by atoms with E-state index in [0.29, 0.717) is 25.7 Å². The van der Waals surface area contributed by atoms with E-state index in [-0.39, 0.29) is 25.7 Å². The quantitative estimate of drug-likeness (QED) is 0.0222. The van der Waals surface area contributed by atoms with Gasteiger partial charge < -0.3 is 33.8 Å². The van der Waals surface area contributed by atoms with Crippen LogP contribution in [0.25, 0.3) is 0 Å². The molecule has 0 aliphatic rings. The predicted octanol–water partition coefficient (Wildman–Crippen LogP) is 24.3. The van der Waals surface area contributed by atoms with Gasteiger partial charge in [0.2, 0.25) is 0 Å². The molecule has 0 saturated carbocycles. The molecular formula is C81H158O17P2. The number of rotatable bonds is 80. The SMILES string of the molecule is CCCCCCCCCCCCCCCCCCCCCC(=O)O[C@H](COC(=O)CCCCCCCCCCCCCCCCCC(C)C)COP(=O)(O)OC[C@@H](O)COP(=O)(O)OC[C@@H](COC(=O)CCCCCCCCCCC(C)C)OC(=O)CCCCCCCCCCCCCC. The molecule has 3 N–H and O–H groups in total. The number of aliphatic hydroxyl groups is 1. The summed E-state index contributed by atoms with van der Waals surface area (Å²) in [5.74, 6) is -0.575. The van der Waals surface area contributed by atoms with Crippen molar-refractivity contribution in [3.8, 4) is 0 Å². The Balaban J connectivity index is 5.23. The van der Waals surface area contributed by atoms with E-state index in [2.05, 4.69) is 41.5 Å². The number of esters is 4. The maximum Gasteiger partial charge on any atom is 0.472 e. The van der Waals surface area contributed by atoms with Gasteiger partial charge in [0.05, 0.1) is 26.4 Å². The average molecular weight is 1470 g/mol. The monoisotopic (exact) mass is 1470 g/mol. The predicted molar refractivity (Wildman–Crippen MR) is 409 cm³/mol. The zero-order valence-electron chi connectivity index (χ0n) is 65.5. The summed E-state index contributed by atoms with van der Waals surface area (Å²) in [5.41, 5.74) is 0. The molecule has 2 unspecified atom stereocenters. The number of unbranched alkanes of at least 4 members (excludes halogenated alkanes) is 50. The number of phosphoric acid groups is 2. The zero-order chi connectivity index (χ0) is 73.5. The van der Waals surface area contributed by atoms with E-state index in [1.165, 1.54) is 244 Å². The molecule has 0 bridgehead atoms. The molecule has 0 heterocycles. The van der Waals surface area contributed by atoms with Crippen molar-refractivity contribution in [2.75, 3.05) is 39.6 Å². The number of ether oxygens (including phenoxy) is 4. The minimum atomic E-state index is -4.96. The second kappa shape index (κ2) is 72.6. The van der Waals surface area contributed by atoms with Crippen molar-refractivity contribution in [1.29, 1.82) is 0 Å². The van der Waals surface area contributed by atoms with Gasteiger partial charge in [-0.2, -0.15) is 0 Å². The van der Waals surface area contributed by atoms with E-state index in [1.54, 1.807) is 0 Å². The molecule has 0 spiro atoms. The number of aliphatic hydroxyl groups excluding tert-OH is 1. The molecule has 100 heavy (non-hydrogen) atoms. The van der Waals surface area contributed by atoms with Crippen LogP contribution in [0.4, 0.5) is 0 Å². The molecule has 594 valence electrons. The van der Waals surface area contributed by atoms with Gasteiger partial charge in [0, 0.05) is 25.7 Å². The maximum absolute atomic E-state index is 13.1. The highest BCUT2D eigenvalue weighted by Crippen LogP contribution is 2.45. The van der Waals surface area contributed by atoms with Crippen molar-refractivity contribution >= 4 is 39.5 Å². The topological polar surface area (TPSA) is 237 Å². The van der Waals surface area contributed by atoms with Crippen LogP contribution in [0, 0.1) is 11.8 Å². The maximum atomic E-state index is 13.1. The average Bonchev–Trinajstić information content (AvgIpc) is 0.918. The highest BCUT2D eigenvalue weighted by atomic mass is 31.2. The Morgan fingerprint density at radius 1 is 0.270 bits per heavy atom. The molecule has 0 radical (unpaired) electrons. The molecule has 17 nitrogen and oxygen atoms in total. The van der Waals surface area contributed by atoms with Crippen molar-refractivity contribution in [2.24, 2.45) is 11.8 Å². The molecule has 0 aromatic heterocycles. The number of carbonyl (C=O) groups is 4.